The van der Waals surface area contributed by atoms with Crippen LogP contribution in [0.15, 0.2) is 23.8 Å². The molecule has 0 radical (unpaired) electrons. The molecule has 0 fully saturated rings. The second-order valence-corrected chi connectivity index (χ2v) is 5.96. The third-order valence-corrected chi connectivity index (χ3v) is 3.95. The Morgan fingerprint density at radius 2 is 2.18 bits per heavy atom. The smallest absolute Gasteiger partial charge is 0.0691 e. The lowest BCUT2D eigenvalue weighted by Gasteiger charge is -2.08. The zero-order valence-electron chi connectivity index (χ0n) is 14.0. The van der Waals surface area contributed by atoms with Crippen molar-refractivity contribution in [2.24, 2.45) is 5.92 Å². The highest BCUT2D eigenvalue weighted by Gasteiger charge is 2.08. The van der Waals surface area contributed by atoms with Gasteiger partial charge in [0.15, 0.2) is 0 Å². The Morgan fingerprint density at radius 3 is 2.82 bits per heavy atom. The van der Waals surface area contributed by atoms with Crippen LogP contribution in [0.5, 0.6) is 0 Å². The molecule has 0 unspecified atom stereocenters. The van der Waals surface area contributed by atoms with Gasteiger partial charge in [-0.3, -0.25) is 4.68 Å². The number of hydrogen-bond donors (Lipinski definition) is 1. The molecule has 0 saturated heterocycles. The van der Waals surface area contributed by atoms with Crippen molar-refractivity contribution in [3.05, 3.63) is 35.0 Å². The summed E-state index contributed by atoms with van der Waals surface area (Å²) in [4.78, 5) is 0. The van der Waals surface area contributed by atoms with Gasteiger partial charge >= 0.3 is 0 Å². The van der Waals surface area contributed by atoms with E-state index in [1.54, 1.807) is 7.11 Å². The minimum atomic E-state index is 0.0990. The summed E-state index contributed by atoms with van der Waals surface area (Å²) in [7, 11) is 1.72. The average Bonchev–Trinajstić information content (AvgIpc) is 2.81. The van der Waals surface area contributed by atoms with Gasteiger partial charge in [0.05, 0.1) is 17.8 Å². The standard InChI is InChI=1S/C18H26N2O2/c1-13(2)16(12-21)10-15-6-7-17-14(3)19-20(18(17)11-15)8-5-9-22-4/h6-7,10-11,13,21H,5,8-9,12H2,1-4H3. The van der Waals surface area contributed by atoms with Crippen molar-refractivity contribution in [2.45, 2.75) is 33.7 Å². The first-order valence-electron chi connectivity index (χ1n) is 7.84. The van der Waals surface area contributed by atoms with E-state index in [0.717, 1.165) is 41.9 Å². The molecule has 4 nitrogen and oxygen atoms in total. The van der Waals surface area contributed by atoms with Crippen LogP contribution in [-0.2, 0) is 11.3 Å². The number of fused-ring (bicyclic) bond motifs is 1. The van der Waals surface area contributed by atoms with Crippen molar-refractivity contribution >= 4 is 17.0 Å². The molecule has 2 rings (SSSR count). The molecule has 0 aliphatic rings. The summed E-state index contributed by atoms with van der Waals surface area (Å²) in [5.41, 5.74) is 4.34. The van der Waals surface area contributed by atoms with Gasteiger partial charge in [0.1, 0.15) is 0 Å². The van der Waals surface area contributed by atoms with Crippen LogP contribution in [0.25, 0.3) is 17.0 Å². The summed E-state index contributed by atoms with van der Waals surface area (Å²) in [6.07, 6.45) is 3.02. The van der Waals surface area contributed by atoms with Crippen molar-refractivity contribution in [1.29, 1.82) is 0 Å². The molecule has 22 heavy (non-hydrogen) atoms. The Hall–Kier alpha value is -1.65. The number of aliphatic hydroxyl groups excluding tert-OH is 1. The van der Waals surface area contributed by atoms with Crippen LogP contribution < -0.4 is 0 Å². The van der Waals surface area contributed by atoms with E-state index in [1.807, 2.05) is 6.92 Å². The summed E-state index contributed by atoms with van der Waals surface area (Å²) in [5, 5.41) is 15.3. The Labute approximate surface area is 132 Å². The largest absolute Gasteiger partial charge is 0.392 e. The normalized spacial score (nSPS) is 12.5. The molecule has 1 aromatic carbocycles. The monoisotopic (exact) mass is 302 g/mol. The quantitative estimate of drug-likeness (QED) is 0.797. The average molecular weight is 302 g/mol. The van der Waals surface area contributed by atoms with E-state index in [0.29, 0.717) is 5.92 Å². The van der Waals surface area contributed by atoms with Crippen LogP contribution >= 0.6 is 0 Å². The SMILES string of the molecule is COCCCn1nc(C)c2ccc(C=C(CO)C(C)C)cc21. The molecule has 0 aliphatic heterocycles. The van der Waals surface area contributed by atoms with Gasteiger partial charge in [-0.15, -0.1) is 0 Å². The fourth-order valence-corrected chi connectivity index (χ4v) is 2.58. The van der Waals surface area contributed by atoms with Crippen LogP contribution in [0.3, 0.4) is 0 Å². The Balaban J connectivity index is 2.37. The summed E-state index contributed by atoms with van der Waals surface area (Å²) in [5.74, 6) is 0.342. The maximum absolute atomic E-state index is 9.47. The van der Waals surface area contributed by atoms with Gasteiger partial charge in [-0.1, -0.05) is 32.1 Å². The maximum atomic E-state index is 9.47. The molecule has 2 aromatic rings. The molecule has 0 saturated carbocycles. The molecule has 0 bridgehead atoms. The molecule has 1 heterocycles. The van der Waals surface area contributed by atoms with Crippen molar-refractivity contribution in [1.82, 2.24) is 9.78 Å². The zero-order chi connectivity index (χ0) is 16.1. The van der Waals surface area contributed by atoms with Gasteiger partial charge in [0.2, 0.25) is 0 Å². The second-order valence-electron chi connectivity index (χ2n) is 5.96. The van der Waals surface area contributed by atoms with Crippen LogP contribution in [0.2, 0.25) is 0 Å². The molecule has 0 aliphatic carbocycles. The van der Waals surface area contributed by atoms with Gasteiger partial charge in [-0.05, 0) is 36.5 Å². The van der Waals surface area contributed by atoms with Gasteiger partial charge in [0.25, 0.3) is 0 Å². The summed E-state index contributed by atoms with van der Waals surface area (Å²) in [6, 6.07) is 6.36. The van der Waals surface area contributed by atoms with Gasteiger partial charge in [-0.2, -0.15) is 5.10 Å². The van der Waals surface area contributed by atoms with E-state index < -0.39 is 0 Å². The fourth-order valence-electron chi connectivity index (χ4n) is 2.58. The summed E-state index contributed by atoms with van der Waals surface area (Å²) < 4.78 is 7.17. The molecule has 1 aromatic heterocycles. The highest BCUT2D eigenvalue weighted by atomic mass is 16.5. The first-order chi connectivity index (χ1) is 10.6. The Morgan fingerprint density at radius 1 is 1.41 bits per heavy atom. The van der Waals surface area contributed by atoms with Crippen LogP contribution in [0.1, 0.15) is 31.5 Å². The highest BCUT2D eigenvalue weighted by Crippen LogP contribution is 2.22. The molecule has 0 atom stereocenters. The molecular formula is C18H26N2O2. The number of benzene rings is 1. The third-order valence-electron chi connectivity index (χ3n) is 3.95. The highest BCUT2D eigenvalue weighted by molar-refractivity contribution is 5.84. The van der Waals surface area contributed by atoms with Crippen molar-refractivity contribution in [3.8, 4) is 0 Å². The van der Waals surface area contributed by atoms with Crippen LogP contribution in [0, 0.1) is 12.8 Å². The van der Waals surface area contributed by atoms with E-state index in [4.69, 9.17) is 4.74 Å². The Bertz CT molecular complexity index is 656. The number of aliphatic hydroxyl groups is 1. The molecule has 4 heteroatoms. The van der Waals surface area contributed by atoms with E-state index >= 15 is 0 Å². The van der Waals surface area contributed by atoms with E-state index in [1.165, 1.54) is 5.39 Å². The lowest BCUT2D eigenvalue weighted by molar-refractivity contribution is 0.189. The number of ether oxygens (including phenoxy) is 1. The predicted octanol–water partition coefficient (Wildman–Crippen LogP) is 3.41. The van der Waals surface area contributed by atoms with Crippen LogP contribution in [-0.4, -0.2) is 35.2 Å². The van der Waals surface area contributed by atoms with Gasteiger partial charge in [0, 0.05) is 25.6 Å². The number of hydrogen-bond acceptors (Lipinski definition) is 3. The summed E-state index contributed by atoms with van der Waals surface area (Å²) in [6.45, 7) is 7.92. The minimum Gasteiger partial charge on any atom is -0.392 e. The summed E-state index contributed by atoms with van der Waals surface area (Å²) >= 11 is 0. The van der Waals surface area contributed by atoms with Gasteiger partial charge in [-0.25, -0.2) is 0 Å². The number of aromatic nitrogens is 2. The predicted molar refractivity (Wildman–Crippen MR) is 90.9 cm³/mol. The topological polar surface area (TPSA) is 47.3 Å². The number of rotatable bonds is 7. The molecule has 120 valence electrons. The minimum absolute atomic E-state index is 0.0990. The van der Waals surface area contributed by atoms with Gasteiger partial charge < -0.3 is 9.84 Å². The van der Waals surface area contributed by atoms with Crippen molar-refractivity contribution in [3.63, 3.8) is 0 Å². The third kappa shape index (κ3) is 3.76. The van der Waals surface area contributed by atoms with Crippen LogP contribution in [0.4, 0.5) is 0 Å². The first kappa shape index (κ1) is 16.7. The van der Waals surface area contributed by atoms with Crippen molar-refractivity contribution in [2.75, 3.05) is 20.3 Å². The fraction of sp³-hybridized carbons (Fsp3) is 0.500. The maximum Gasteiger partial charge on any atom is 0.0691 e. The Kier molecular flexibility index (Phi) is 5.75. The first-order valence-corrected chi connectivity index (χ1v) is 7.84. The molecule has 0 spiro atoms. The van der Waals surface area contributed by atoms with Crippen molar-refractivity contribution < 1.29 is 9.84 Å². The second kappa shape index (κ2) is 7.56. The molecular weight excluding hydrogens is 276 g/mol. The number of methoxy groups -OCH3 is 1. The van der Waals surface area contributed by atoms with E-state index in [2.05, 4.69) is 47.9 Å². The zero-order valence-corrected chi connectivity index (χ0v) is 14.0. The lowest BCUT2D eigenvalue weighted by Crippen LogP contribution is -2.03. The molecule has 0 amide bonds. The molecule has 1 N–H and O–H groups in total. The van der Waals surface area contributed by atoms with E-state index in [9.17, 15) is 5.11 Å². The number of nitrogens with zero attached hydrogens (tertiary/aromatic N) is 2. The number of aryl methyl sites for hydroxylation is 2. The van der Waals surface area contributed by atoms with E-state index in [-0.39, 0.29) is 6.61 Å². The lowest BCUT2D eigenvalue weighted by atomic mass is 10.0.